The molecule has 4 aromatic carbocycles. The number of ether oxygens (including phenoxy) is 1. The summed E-state index contributed by atoms with van der Waals surface area (Å²) < 4.78 is 6.07. The molecule has 0 bridgehead atoms. The summed E-state index contributed by atoms with van der Waals surface area (Å²) >= 11 is 12.3. The minimum Gasteiger partial charge on any atom is -0.488 e. The zero-order chi connectivity index (χ0) is 26.1. The lowest BCUT2D eigenvalue weighted by Gasteiger charge is -2.37. The number of hydrogen-bond donors (Lipinski definition) is 1. The van der Waals surface area contributed by atoms with Gasteiger partial charge in [0, 0.05) is 33.4 Å². The Bertz CT molecular complexity index is 1510. The third-order valence-electron chi connectivity index (χ3n) is 7.40. The van der Waals surface area contributed by atoms with Gasteiger partial charge in [0.25, 0.3) is 0 Å². The number of aliphatic imine (C=N–C) groups is 1. The van der Waals surface area contributed by atoms with E-state index in [1.54, 1.807) is 0 Å². The Hall–Kier alpha value is -3.53. The molecule has 2 aliphatic rings. The predicted octanol–water partition coefficient (Wildman–Crippen LogP) is 9.46. The van der Waals surface area contributed by atoms with Gasteiger partial charge < -0.3 is 10.1 Å². The molecule has 190 valence electrons. The van der Waals surface area contributed by atoms with Crippen LogP contribution >= 0.6 is 23.2 Å². The van der Waals surface area contributed by atoms with Crippen molar-refractivity contribution in [3.63, 3.8) is 0 Å². The SMILES string of the molecule is Cc1ccc2c(c1)[C@@H]1C=CC[C@@H]1[C@H](c1ccc(N=Cc3cc(Cl)ccc3OCc3ccc(Cl)cc3)cc1)N2. The van der Waals surface area contributed by atoms with Gasteiger partial charge in [-0.3, -0.25) is 4.99 Å². The van der Waals surface area contributed by atoms with Crippen LogP contribution in [0.3, 0.4) is 0 Å². The number of fused-ring (bicyclic) bond motifs is 3. The Labute approximate surface area is 233 Å². The average molecular weight is 540 g/mol. The molecule has 4 aromatic rings. The first kappa shape index (κ1) is 24.8. The molecular weight excluding hydrogens is 511 g/mol. The molecular formula is C33H28Cl2N2O. The number of hydrogen-bond acceptors (Lipinski definition) is 3. The van der Waals surface area contributed by atoms with E-state index in [9.17, 15) is 0 Å². The molecule has 1 aliphatic carbocycles. The summed E-state index contributed by atoms with van der Waals surface area (Å²) in [5, 5.41) is 5.16. The van der Waals surface area contributed by atoms with Crippen LogP contribution in [-0.2, 0) is 6.61 Å². The van der Waals surface area contributed by atoms with E-state index in [0.717, 1.165) is 29.0 Å². The fraction of sp³-hybridized carbons (Fsp3) is 0.182. The van der Waals surface area contributed by atoms with Gasteiger partial charge in [0.05, 0.1) is 11.7 Å². The first-order chi connectivity index (χ1) is 18.5. The second-order valence-corrected chi connectivity index (χ2v) is 10.9. The Morgan fingerprint density at radius 2 is 1.71 bits per heavy atom. The minimum atomic E-state index is 0.268. The fourth-order valence-corrected chi connectivity index (χ4v) is 5.76. The van der Waals surface area contributed by atoms with Crippen LogP contribution in [0.4, 0.5) is 11.4 Å². The maximum Gasteiger partial charge on any atom is 0.128 e. The average Bonchev–Trinajstić information content (AvgIpc) is 3.43. The largest absolute Gasteiger partial charge is 0.488 e. The van der Waals surface area contributed by atoms with Gasteiger partial charge in [-0.05, 0) is 84.5 Å². The Kier molecular flexibility index (Phi) is 6.97. The number of aryl methyl sites for hydroxylation is 1. The van der Waals surface area contributed by atoms with E-state index in [-0.39, 0.29) is 6.04 Å². The van der Waals surface area contributed by atoms with Gasteiger partial charge in [0.2, 0.25) is 0 Å². The number of benzene rings is 4. The number of nitrogens with zero attached hydrogens (tertiary/aromatic N) is 1. The second-order valence-electron chi connectivity index (χ2n) is 10.0. The zero-order valence-electron chi connectivity index (χ0n) is 21.1. The highest BCUT2D eigenvalue weighted by Gasteiger charge is 2.37. The molecule has 0 aromatic heterocycles. The quantitative estimate of drug-likeness (QED) is 0.196. The van der Waals surface area contributed by atoms with Crippen molar-refractivity contribution in [1.29, 1.82) is 0 Å². The predicted molar refractivity (Wildman–Crippen MR) is 158 cm³/mol. The van der Waals surface area contributed by atoms with Gasteiger partial charge >= 0.3 is 0 Å². The van der Waals surface area contributed by atoms with Crippen LogP contribution in [0.5, 0.6) is 5.75 Å². The maximum atomic E-state index is 6.28. The summed E-state index contributed by atoms with van der Waals surface area (Å²) in [5.41, 5.74) is 7.99. The van der Waals surface area contributed by atoms with Gasteiger partial charge in [-0.15, -0.1) is 0 Å². The number of rotatable bonds is 6. The molecule has 0 fully saturated rings. The van der Waals surface area contributed by atoms with E-state index in [0.29, 0.717) is 28.5 Å². The second kappa shape index (κ2) is 10.7. The highest BCUT2D eigenvalue weighted by molar-refractivity contribution is 6.31. The molecule has 1 aliphatic heterocycles. The Morgan fingerprint density at radius 3 is 2.53 bits per heavy atom. The molecule has 0 amide bonds. The third-order valence-corrected chi connectivity index (χ3v) is 7.89. The highest BCUT2D eigenvalue weighted by Crippen LogP contribution is 2.50. The van der Waals surface area contributed by atoms with Crippen molar-refractivity contribution < 1.29 is 4.74 Å². The number of halogens is 2. The van der Waals surface area contributed by atoms with E-state index in [1.165, 1.54) is 22.4 Å². The fourth-order valence-electron chi connectivity index (χ4n) is 5.45. The first-order valence-electron chi connectivity index (χ1n) is 12.9. The lowest BCUT2D eigenvalue weighted by Crippen LogP contribution is -2.29. The Balaban J connectivity index is 1.19. The van der Waals surface area contributed by atoms with Gasteiger partial charge in [0.1, 0.15) is 12.4 Å². The highest BCUT2D eigenvalue weighted by atomic mass is 35.5. The molecule has 1 heterocycles. The van der Waals surface area contributed by atoms with Crippen LogP contribution in [0.15, 0.2) is 102 Å². The van der Waals surface area contributed by atoms with Crippen molar-refractivity contribution >= 4 is 40.8 Å². The van der Waals surface area contributed by atoms with Gasteiger partial charge in [-0.1, -0.05) is 77.3 Å². The van der Waals surface area contributed by atoms with Crippen LogP contribution in [0.25, 0.3) is 0 Å². The van der Waals surface area contributed by atoms with Crippen LogP contribution in [-0.4, -0.2) is 6.21 Å². The van der Waals surface area contributed by atoms with Gasteiger partial charge in [0.15, 0.2) is 0 Å². The molecule has 1 N–H and O–H groups in total. The molecule has 3 atom stereocenters. The summed E-state index contributed by atoms with van der Waals surface area (Å²) in [6.07, 6.45) is 7.61. The molecule has 6 rings (SSSR count). The zero-order valence-corrected chi connectivity index (χ0v) is 22.6. The lowest BCUT2D eigenvalue weighted by atomic mass is 9.76. The molecule has 0 unspecified atom stereocenters. The van der Waals surface area contributed by atoms with Gasteiger partial charge in [-0.2, -0.15) is 0 Å². The van der Waals surface area contributed by atoms with Crippen LogP contribution in [0.2, 0.25) is 10.0 Å². The molecule has 3 nitrogen and oxygen atoms in total. The summed E-state index contributed by atoms with van der Waals surface area (Å²) in [4.78, 5) is 4.73. The van der Waals surface area contributed by atoms with E-state index in [4.69, 9.17) is 32.9 Å². The number of allylic oxidation sites excluding steroid dienone is 2. The number of nitrogens with one attached hydrogen (secondary N) is 1. The summed E-state index contributed by atoms with van der Waals surface area (Å²) in [6, 6.07) is 28.7. The summed E-state index contributed by atoms with van der Waals surface area (Å²) in [7, 11) is 0. The summed E-state index contributed by atoms with van der Waals surface area (Å²) in [6.45, 7) is 2.60. The van der Waals surface area contributed by atoms with Crippen LogP contribution in [0, 0.1) is 12.8 Å². The lowest BCUT2D eigenvalue weighted by molar-refractivity contribution is 0.306. The van der Waals surface area contributed by atoms with E-state index in [2.05, 4.69) is 66.9 Å². The number of anilines is 1. The normalized spacial score (nSPS) is 19.7. The van der Waals surface area contributed by atoms with E-state index >= 15 is 0 Å². The molecule has 0 saturated carbocycles. The molecule has 38 heavy (non-hydrogen) atoms. The maximum absolute atomic E-state index is 6.28. The molecule has 0 saturated heterocycles. The summed E-state index contributed by atoms with van der Waals surface area (Å²) in [5.74, 6) is 1.71. The standard InChI is InChI=1S/C33H28Cl2N2O/c1-21-5-15-31-30(17-21)28-3-2-4-29(28)33(37-31)23-8-13-27(14-9-23)36-19-24-18-26(35)12-16-32(24)38-20-22-6-10-25(34)11-7-22/h2-3,5-19,28-29,33,37H,4,20H2,1H3/t28-,29+,33+/m1/s1. The van der Waals surface area contributed by atoms with Crippen LogP contribution < -0.4 is 10.1 Å². The smallest absolute Gasteiger partial charge is 0.128 e. The van der Waals surface area contributed by atoms with Crippen LogP contribution in [0.1, 0.15) is 46.2 Å². The molecule has 0 spiro atoms. The van der Waals surface area contributed by atoms with Crippen molar-refractivity contribution in [3.05, 3.63) is 135 Å². The van der Waals surface area contributed by atoms with Crippen molar-refractivity contribution in [3.8, 4) is 5.75 Å². The van der Waals surface area contributed by atoms with E-state index in [1.807, 2.05) is 48.7 Å². The molecule has 5 heteroatoms. The minimum absolute atomic E-state index is 0.268. The Morgan fingerprint density at radius 1 is 0.921 bits per heavy atom. The molecule has 0 radical (unpaired) electrons. The van der Waals surface area contributed by atoms with Gasteiger partial charge in [-0.25, -0.2) is 0 Å². The van der Waals surface area contributed by atoms with E-state index < -0.39 is 0 Å². The van der Waals surface area contributed by atoms with Crippen molar-refractivity contribution in [2.75, 3.05) is 5.32 Å². The third kappa shape index (κ3) is 5.22. The van der Waals surface area contributed by atoms with Crippen molar-refractivity contribution in [1.82, 2.24) is 0 Å². The van der Waals surface area contributed by atoms with Crippen molar-refractivity contribution in [2.45, 2.75) is 31.9 Å². The topological polar surface area (TPSA) is 33.6 Å². The first-order valence-corrected chi connectivity index (χ1v) is 13.6. The monoisotopic (exact) mass is 538 g/mol. The van der Waals surface area contributed by atoms with Crippen molar-refractivity contribution in [2.24, 2.45) is 10.9 Å².